The largest absolute Gasteiger partial charge is 0.378 e. The lowest BCUT2D eigenvalue weighted by Crippen LogP contribution is -2.40. The van der Waals surface area contributed by atoms with Gasteiger partial charge in [0.15, 0.2) is 0 Å². The molecule has 0 radical (unpaired) electrons. The van der Waals surface area contributed by atoms with Crippen LogP contribution in [0.2, 0.25) is 10.0 Å². The molecule has 1 saturated heterocycles. The van der Waals surface area contributed by atoms with E-state index in [0.29, 0.717) is 13.2 Å². The summed E-state index contributed by atoms with van der Waals surface area (Å²) in [5.74, 6) is -0.436. The third-order valence-corrected chi connectivity index (χ3v) is 6.20. The first-order chi connectivity index (χ1) is 14.2. The van der Waals surface area contributed by atoms with Crippen LogP contribution >= 0.6 is 23.2 Å². The molecule has 1 fully saturated rings. The monoisotopic (exact) mass is 471 g/mol. The molecule has 0 aliphatic carbocycles. The van der Waals surface area contributed by atoms with E-state index in [1.165, 1.54) is 18.2 Å². The first kappa shape index (κ1) is 22.7. The van der Waals surface area contributed by atoms with Crippen molar-refractivity contribution in [3.63, 3.8) is 0 Å². The number of carbonyl (C=O) groups excluding carboxylic acids is 1. The summed E-state index contributed by atoms with van der Waals surface area (Å²) in [5, 5.41) is 3.32. The molecule has 1 heterocycles. The van der Waals surface area contributed by atoms with Gasteiger partial charge in [-0.05, 0) is 35.9 Å². The Morgan fingerprint density at radius 2 is 1.70 bits per heavy atom. The molecule has 1 N–H and O–H groups in total. The molecule has 1 aliphatic rings. The SMILES string of the molecule is CS(=O)(=O)N(CC(=O)NCc1ccc(N2CCOCC2)cc1)c1cc(Cl)cc(Cl)c1. The highest BCUT2D eigenvalue weighted by atomic mass is 35.5. The Morgan fingerprint density at radius 1 is 1.10 bits per heavy atom. The number of benzene rings is 2. The van der Waals surface area contributed by atoms with E-state index in [1.54, 1.807) is 0 Å². The molecule has 1 aliphatic heterocycles. The molecule has 0 saturated carbocycles. The van der Waals surface area contributed by atoms with Crippen molar-refractivity contribution >= 4 is 50.5 Å². The average Bonchev–Trinajstić information content (AvgIpc) is 2.70. The first-order valence-electron chi connectivity index (χ1n) is 9.34. The lowest BCUT2D eigenvalue weighted by molar-refractivity contribution is -0.119. The topological polar surface area (TPSA) is 79.0 Å². The first-order valence-corrected chi connectivity index (χ1v) is 11.9. The highest BCUT2D eigenvalue weighted by molar-refractivity contribution is 7.92. The molecule has 162 valence electrons. The van der Waals surface area contributed by atoms with E-state index in [9.17, 15) is 13.2 Å². The van der Waals surface area contributed by atoms with Gasteiger partial charge in [-0.3, -0.25) is 9.10 Å². The van der Waals surface area contributed by atoms with E-state index >= 15 is 0 Å². The van der Waals surface area contributed by atoms with Crippen LogP contribution in [0.4, 0.5) is 11.4 Å². The Kier molecular flexibility index (Phi) is 7.46. The third kappa shape index (κ3) is 6.25. The Labute approximate surface area is 186 Å². The fourth-order valence-corrected chi connectivity index (χ4v) is 4.47. The predicted octanol–water partition coefficient (Wildman–Crippen LogP) is 2.91. The van der Waals surface area contributed by atoms with Crippen molar-refractivity contribution in [3.8, 4) is 0 Å². The molecule has 0 spiro atoms. The maximum absolute atomic E-state index is 12.4. The lowest BCUT2D eigenvalue weighted by Gasteiger charge is -2.29. The Hall–Kier alpha value is -2.00. The molecule has 2 aromatic carbocycles. The summed E-state index contributed by atoms with van der Waals surface area (Å²) in [7, 11) is -3.71. The van der Waals surface area contributed by atoms with Crippen LogP contribution in [0.3, 0.4) is 0 Å². The van der Waals surface area contributed by atoms with Crippen LogP contribution in [0.25, 0.3) is 0 Å². The predicted molar refractivity (Wildman–Crippen MR) is 120 cm³/mol. The lowest BCUT2D eigenvalue weighted by atomic mass is 10.2. The van der Waals surface area contributed by atoms with Gasteiger partial charge in [-0.2, -0.15) is 0 Å². The van der Waals surface area contributed by atoms with Crippen LogP contribution < -0.4 is 14.5 Å². The number of carbonyl (C=O) groups is 1. The number of rotatable bonds is 7. The van der Waals surface area contributed by atoms with Crippen LogP contribution in [-0.4, -0.2) is 53.4 Å². The van der Waals surface area contributed by atoms with Crippen molar-refractivity contribution in [2.75, 3.05) is 48.3 Å². The summed E-state index contributed by atoms with van der Waals surface area (Å²) in [4.78, 5) is 14.7. The maximum atomic E-state index is 12.4. The van der Waals surface area contributed by atoms with Gasteiger partial charge in [-0.15, -0.1) is 0 Å². The van der Waals surface area contributed by atoms with Crippen LogP contribution in [0.15, 0.2) is 42.5 Å². The highest BCUT2D eigenvalue weighted by Gasteiger charge is 2.21. The fraction of sp³-hybridized carbons (Fsp3) is 0.350. The number of anilines is 2. The van der Waals surface area contributed by atoms with Crippen LogP contribution in [0.5, 0.6) is 0 Å². The Balaban J connectivity index is 1.61. The molecule has 2 aromatic rings. The van der Waals surface area contributed by atoms with Gasteiger partial charge < -0.3 is 15.0 Å². The quantitative estimate of drug-likeness (QED) is 0.671. The zero-order chi connectivity index (χ0) is 21.7. The fourth-order valence-electron chi connectivity index (χ4n) is 3.12. The van der Waals surface area contributed by atoms with Crippen LogP contribution in [-0.2, 0) is 26.1 Å². The summed E-state index contributed by atoms with van der Waals surface area (Å²) >= 11 is 11.9. The van der Waals surface area contributed by atoms with Crippen molar-refractivity contribution in [2.45, 2.75) is 6.54 Å². The highest BCUT2D eigenvalue weighted by Crippen LogP contribution is 2.27. The van der Waals surface area contributed by atoms with E-state index < -0.39 is 15.9 Å². The minimum atomic E-state index is -3.71. The van der Waals surface area contributed by atoms with Crippen molar-refractivity contribution in [3.05, 3.63) is 58.1 Å². The number of ether oxygens (including phenoxy) is 1. The molecular formula is C20H23Cl2N3O4S. The molecule has 0 aromatic heterocycles. The molecule has 7 nitrogen and oxygen atoms in total. The van der Waals surface area contributed by atoms with Crippen molar-refractivity contribution in [1.29, 1.82) is 0 Å². The average molecular weight is 472 g/mol. The normalized spacial score (nSPS) is 14.4. The van der Waals surface area contributed by atoms with Gasteiger partial charge >= 0.3 is 0 Å². The maximum Gasteiger partial charge on any atom is 0.241 e. The van der Waals surface area contributed by atoms with E-state index in [4.69, 9.17) is 27.9 Å². The molecule has 3 rings (SSSR count). The van der Waals surface area contributed by atoms with Gasteiger partial charge in [0.1, 0.15) is 6.54 Å². The second-order valence-corrected chi connectivity index (χ2v) is 9.72. The van der Waals surface area contributed by atoms with Crippen LogP contribution in [0, 0.1) is 0 Å². The second kappa shape index (κ2) is 9.87. The summed E-state index contributed by atoms with van der Waals surface area (Å²) in [6, 6.07) is 12.3. The van der Waals surface area contributed by atoms with Gasteiger partial charge in [-0.1, -0.05) is 35.3 Å². The van der Waals surface area contributed by atoms with Gasteiger partial charge in [0.25, 0.3) is 0 Å². The van der Waals surface area contributed by atoms with E-state index in [-0.39, 0.29) is 28.8 Å². The number of halogens is 2. The van der Waals surface area contributed by atoms with Crippen LogP contribution in [0.1, 0.15) is 5.56 Å². The number of hydrogen-bond acceptors (Lipinski definition) is 5. The summed E-state index contributed by atoms with van der Waals surface area (Å²) in [5.41, 5.74) is 2.26. The van der Waals surface area contributed by atoms with Gasteiger partial charge in [-0.25, -0.2) is 8.42 Å². The van der Waals surface area contributed by atoms with E-state index in [2.05, 4.69) is 10.2 Å². The number of nitrogens with one attached hydrogen (secondary N) is 1. The summed E-state index contributed by atoms with van der Waals surface area (Å²) in [6.45, 7) is 3.05. The van der Waals surface area contributed by atoms with E-state index in [0.717, 1.165) is 34.9 Å². The number of sulfonamides is 1. The molecule has 30 heavy (non-hydrogen) atoms. The van der Waals surface area contributed by atoms with Crippen molar-refractivity contribution in [2.24, 2.45) is 0 Å². The smallest absolute Gasteiger partial charge is 0.241 e. The second-order valence-electron chi connectivity index (χ2n) is 6.94. The molecule has 1 amide bonds. The number of hydrogen-bond donors (Lipinski definition) is 1. The Bertz CT molecular complexity index is 973. The molecule has 0 atom stereocenters. The molecule has 0 bridgehead atoms. The molecule has 0 unspecified atom stereocenters. The number of nitrogens with zero attached hydrogens (tertiary/aromatic N) is 2. The zero-order valence-electron chi connectivity index (χ0n) is 16.5. The summed E-state index contributed by atoms with van der Waals surface area (Å²) < 4.78 is 30.7. The van der Waals surface area contributed by atoms with Gasteiger partial charge in [0.2, 0.25) is 15.9 Å². The third-order valence-electron chi connectivity index (χ3n) is 4.63. The zero-order valence-corrected chi connectivity index (χ0v) is 18.8. The molecular weight excluding hydrogens is 449 g/mol. The van der Waals surface area contributed by atoms with Gasteiger partial charge in [0, 0.05) is 35.4 Å². The number of morpholine rings is 1. The minimum absolute atomic E-state index is 0.236. The standard InChI is InChI=1S/C20H23Cl2N3O4S/c1-30(27,28)25(19-11-16(21)10-17(22)12-19)14-20(26)23-13-15-2-4-18(5-3-15)24-6-8-29-9-7-24/h2-5,10-12H,6-9,13-14H2,1H3,(H,23,26). The minimum Gasteiger partial charge on any atom is -0.378 e. The Morgan fingerprint density at radius 3 is 2.27 bits per heavy atom. The summed E-state index contributed by atoms with van der Waals surface area (Å²) in [6.07, 6.45) is 1.03. The number of amides is 1. The van der Waals surface area contributed by atoms with Gasteiger partial charge in [0.05, 0.1) is 25.2 Å². The van der Waals surface area contributed by atoms with E-state index in [1.807, 2.05) is 24.3 Å². The van der Waals surface area contributed by atoms with Crippen molar-refractivity contribution < 1.29 is 17.9 Å². The van der Waals surface area contributed by atoms with Crippen molar-refractivity contribution in [1.82, 2.24) is 5.32 Å². The molecule has 10 heteroatoms.